The average molecular weight is 243 g/mol. The first-order valence-electron chi connectivity index (χ1n) is 4.30. The van der Waals surface area contributed by atoms with Gasteiger partial charge in [0.2, 0.25) is 0 Å². The number of hydrogen-bond acceptors (Lipinski definition) is 4. The minimum absolute atomic E-state index is 0.116. The maximum Gasteiger partial charge on any atom is 0.350 e. The van der Waals surface area contributed by atoms with Gasteiger partial charge in [0.05, 0.1) is 12.8 Å². The number of halogens is 2. The summed E-state index contributed by atoms with van der Waals surface area (Å²) in [6, 6.07) is 1.99. The number of ether oxygens (including phenoxy) is 1. The summed E-state index contributed by atoms with van der Waals surface area (Å²) in [5.41, 5.74) is 5.77. The second-order valence-electron chi connectivity index (χ2n) is 3.10. The lowest BCUT2D eigenvalue weighted by Gasteiger charge is -1.96. The van der Waals surface area contributed by atoms with Gasteiger partial charge in [0.25, 0.3) is 0 Å². The molecule has 6 heteroatoms. The van der Waals surface area contributed by atoms with Crippen molar-refractivity contribution in [3.63, 3.8) is 0 Å². The van der Waals surface area contributed by atoms with Gasteiger partial charge in [0.15, 0.2) is 11.6 Å². The van der Waals surface area contributed by atoms with Crippen LogP contribution >= 0.6 is 11.3 Å². The summed E-state index contributed by atoms with van der Waals surface area (Å²) in [4.78, 5) is 11.4. The molecular formula is C10H7F2NO2S. The summed E-state index contributed by atoms with van der Waals surface area (Å²) in [5, 5.41) is 0.323. The molecule has 0 saturated carbocycles. The van der Waals surface area contributed by atoms with Crippen LogP contribution in [0.25, 0.3) is 10.1 Å². The Kier molecular flexibility index (Phi) is 2.51. The van der Waals surface area contributed by atoms with Crippen molar-refractivity contribution >= 4 is 33.1 Å². The van der Waals surface area contributed by atoms with Crippen molar-refractivity contribution in [3.05, 3.63) is 28.6 Å². The van der Waals surface area contributed by atoms with Gasteiger partial charge in [-0.05, 0) is 12.1 Å². The molecule has 0 saturated heterocycles. The van der Waals surface area contributed by atoms with Crippen LogP contribution in [0.15, 0.2) is 12.1 Å². The summed E-state index contributed by atoms with van der Waals surface area (Å²) >= 11 is 0.973. The second-order valence-corrected chi connectivity index (χ2v) is 4.15. The van der Waals surface area contributed by atoms with E-state index in [0.29, 0.717) is 10.1 Å². The average Bonchev–Trinajstić information content (AvgIpc) is 2.56. The molecule has 1 aromatic carbocycles. The molecule has 0 aliphatic carbocycles. The first-order valence-corrected chi connectivity index (χ1v) is 5.11. The summed E-state index contributed by atoms with van der Waals surface area (Å²) < 4.78 is 30.9. The summed E-state index contributed by atoms with van der Waals surface area (Å²) in [7, 11) is 1.22. The topological polar surface area (TPSA) is 52.3 Å². The van der Waals surface area contributed by atoms with Gasteiger partial charge in [-0.15, -0.1) is 11.3 Å². The van der Waals surface area contributed by atoms with Crippen LogP contribution in [0.5, 0.6) is 0 Å². The maximum atomic E-state index is 13.0. The Bertz CT molecular complexity index is 580. The summed E-state index contributed by atoms with van der Waals surface area (Å²) in [5.74, 6) is -2.57. The first kappa shape index (κ1) is 10.8. The van der Waals surface area contributed by atoms with E-state index in [1.807, 2.05) is 0 Å². The molecule has 0 amide bonds. The molecule has 1 heterocycles. The zero-order chi connectivity index (χ0) is 11.9. The van der Waals surface area contributed by atoms with Crippen LogP contribution in [-0.4, -0.2) is 13.1 Å². The van der Waals surface area contributed by atoms with Gasteiger partial charge in [-0.25, -0.2) is 13.6 Å². The molecule has 2 rings (SSSR count). The first-order chi connectivity index (χ1) is 7.54. The van der Waals surface area contributed by atoms with E-state index in [4.69, 9.17) is 5.73 Å². The Hall–Kier alpha value is -1.69. The van der Waals surface area contributed by atoms with Crippen LogP contribution in [0.4, 0.5) is 14.5 Å². The van der Waals surface area contributed by atoms with Crippen LogP contribution < -0.4 is 5.73 Å². The van der Waals surface area contributed by atoms with E-state index >= 15 is 0 Å². The molecule has 0 fully saturated rings. The monoisotopic (exact) mass is 243 g/mol. The third kappa shape index (κ3) is 1.51. The Morgan fingerprint density at radius 3 is 2.62 bits per heavy atom. The highest BCUT2D eigenvalue weighted by Crippen LogP contribution is 2.35. The van der Waals surface area contributed by atoms with Gasteiger partial charge >= 0.3 is 5.97 Å². The molecule has 2 aromatic rings. The minimum atomic E-state index is -0.992. The molecule has 3 nitrogen and oxygen atoms in total. The molecular weight excluding hydrogens is 236 g/mol. The fraction of sp³-hybridized carbons (Fsp3) is 0.100. The van der Waals surface area contributed by atoms with Crippen molar-refractivity contribution in [3.8, 4) is 0 Å². The predicted octanol–water partition coefficient (Wildman–Crippen LogP) is 2.55. The van der Waals surface area contributed by atoms with Gasteiger partial charge in [-0.1, -0.05) is 0 Å². The fourth-order valence-electron chi connectivity index (χ4n) is 1.36. The van der Waals surface area contributed by atoms with E-state index in [9.17, 15) is 13.6 Å². The Labute approximate surface area is 93.4 Å². The third-order valence-corrected chi connectivity index (χ3v) is 3.29. The van der Waals surface area contributed by atoms with Gasteiger partial charge in [-0.2, -0.15) is 0 Å². The summed E-state index contributed by atoms with van der Waals surface area (Å²) in [6.45, 7) is 0. The number of rotatable bonds is 1. The van der Waals surface area contributed by atoms with Gasteiger partial charge in [0.1, 0.15) is 4.88 Å². The molecule has 0 bridgehead atoms. The SMILES string of the molecule is COC(=O)c1sc2cc(F)c(F)cc2c1N. The molecule has 0 aliphatic rings. The molecule has 0 radical (unpaired) electrons. The lowest BCUT2D eigenvalue weighted by Crippen LogP contribution is -2.01. The number of thiophene rings is 1. The normalized spacial score (nSPS) is 10.7. The zero-order valence-corrected chi connectivity index (χ0v) is 9.03. The second kappa shape index (κ2) is 3.71. The molecule has 0 atom stereocenters. The molecule has 84 valence electrons. The minimum Gasteiger partial charge on any atom is -0.465 e. The van der Waals surface area contributed by atoms with Gasteiger partial charge in [-0.3, -0.25) is 0 Å². The van der Waals surface area contributed by atoms with Crippen molar-refractivity contribution < 1.29 is 18.3 Å². The Morgan fingerprint density at radius 1 is 1.38 bits per heavy atom. The highest BCUT2D eigenvalue weighted by Gasteiger charge is 2.18. The van der Waals surface area contributed by atoms with Crippen LogP contribution in [0.1, 0.15) is 9.67 Å². The number of nitrogen functional groups attached to an aromatic ring is 1. The standard InChI is InChI=1S/C10H7F2NO2S/c1-15-10(14)9-8(13)4-2-5(11)6(12)3-7(4)16-9/h2-3H,13H2,1H3. The van der Waals surface area contributed by atoms with E-state index in [1.165, 1.54) is 7.11 Å². The van der Waals surface area contributed by atoms with Crippen molar-refractivity contribution in [2.45, 2.75) is 0 Å². The Morgan fingerprint density at radius 2 is 2.00 bits per heavy atom. The Balaban J connectivity index is 2.73. The number of fused-ring (bicyclic) bond motifs is 1. The predicted molar refractivity (Wildman–Crippen MR) is 57.5 cm³/mol. The van der Waals surface area contributed by atoms with Crippen molar-refractivity contribution in [1.29, 1.82) is 0 Å². The number of carbonyl (C=O) groups excluding carboxylic acids is 1. The zero-order valence-electron chi connectivity index (χ0n) is 8.21. The smallest absolute Gasteiger partial charge is 0.350 e. The van der Waals surface area contributed by atoms with E-state index in [1.54, 1.807) is 0 Å². The molecule has 0 spiro atoms. The fourth-order valence-corrected chi connectivity index (χ4v) is 2.40. The molecule has 2 N–H and O–H groups in total. The van der Waals surface area contributed by atoms with Crippen molar-refractivity contribution in [2.75, 3.05) is 12.8 Å². The number of anilines is 1. The number of hydrogen-bond donors (Lipinski definition) is 1. The number of nitrogens with two attached hydrogens (primary N) is 1. The molecule has 16 heavy (non-hydrogen) atoms. The van der Waals surface area contributed by atoms with E-state index in [2.05, 4.69) is 4.74 Å². The van der Waals surface area contributed by atoms with E-state index in [0.717, 1.165) is 23.5 Å². The van der Waals surface area contributed by atoms with Crippen LogP contribution in [0, 0.1) is 11.6 Å². The quantitative estimate of drug-likeness (QED) is 0.783. The highest BCUT2D eigenvalue weighted by atomic mass is 32.1. The van der Waals surface area contributed by atoms with E-state index < -0.39 is 17.6 Å². The highest BCUT2D eigenvalue weighted by molar-refractivity contribution is 7.21. The number of esters is 1. The van der Waals surface area contributed by atoms with Gasteiger partial charge in [0, 0.05) is 10.1 Å². The maximum absolute atomic E-state index is 13.0. The van der Waals surface area contributed by atoms with Crippen LogP contribution in [-0.2, 0) is 4.74 Å². The van der Waals surface area contributed by atoms with Gasteiger partial charge < -0.3 is 10.5 Å². The lowest BCUT2D eigenvalue weighted by atomic mass is 10.2. The molecule has 1 aromatic heterocycles. The van der Waals surface area contributed by atoms with Crippen molar-refractivity contribution in [1.82, 2.24) is 0 Å². The van der Waals surface area contributed by atoms with Crippen LogP contribution in [0.2, 0.25) is 0 Å². The van der Waals surface area contributed by atoms with E-state index in [-0.39, 0.29) is 10.6 Å². The molecule has 0 aliphatic heterocycles. The number of benzene rings is 1. The largest absolute Gasteiger partial charge is 0.465 e. The molecule has 0 unspecified atom stereocenters. The number of carbonyl (C=O) groups is 1. The lowest BCUT2D eigenvalue weighted by molar-refractivity contribution is 0.0607. The number of methoxy groups -OCH3 is 1. The van der Waals surface area contributed by atoms with Crippen molar-refractivity contribution in [2.24, 2.45) is 0 Å². The van der Waals surface area contributed by atoms with Crippen LogP contribution in [0.3, 0.4) is 0 Å². The summed E-state index contributed by atoms with van der Waals surface area (Å²) in [6.07, 6.45) is 0. The third-order valence-electron chi connectivity index (χ3n) is 2.14.